The highest BCUT2D eigenvalue weighted by Crippen LogP contribution is 2.16. The summed E-state index contributed by atoms with van der Waals surface area (Å²) in [7, 11) is 3.88. The molecule has 0 radical (unpaired) electrons. The smallest absolute Gasteiger partial charge is 0.257 e. The quantitative estimate of drug-likeness (QED) is 0.828. The number of halogens is 1. The molecular formula is C14H22FN3O. The second-order valence-electron chi connectivity index (χ2n) is 4.94. The molecule has 0 aliphatic heterocycles. The first-order chi connectivity index (χ1) is 8.86. The van der Waals surface area contributed by atoms with Crippen molar-refractivity contribution >= 4 is 11.6 Å². The zero-order valence-electron chi connectivity index (χ0n) is 12.0. The lowest BCUT2D eigenvalue weighted by molar-refractivity contribution is 0.0674. The molecule has 5 heteroatoms. The van der Waals surface area contributed by atoms with E-state index in [-0.39, 0.29) is 17.5 Å². The van der Waals surface area contributed by atoms with Gasteiger partial charge in [0.15, 0.2) is 0 Å². The second kappa shape index (κ2) is 6.52. The van der Waals surface area contributed by atoms with Crippen molar-refractivity contribution in [2.45, 2.75) is 19.9 Å². The molecule has 1 unspecified atom stereocenters. The van der Waals surface area contributed by atoms with Crippen LogP contribution in [0.1, 0.15) is 24.2 Å². The molecule has 0 spiro atoms. The number of nitrogen functional groups attached to an aromatic ring is 1. The van der Waals surface area contributed by atoms with E-state index in [0.717, 1.165) is 6.54 Å². The molecule has 1 aromatic carbocycles. The van der Waals surface area contributed by atoms with E-state index in [0.29, 0.717) is 12.2 Å². The Labute approximate surface area is 114 Å². The Morgan fingerprint density at radius 3 is 2.58 bits per heavy atom. The van der Waals surface area contributed by atoms with Gasteiger partial charge in [-0.15, -0.1) is 0 Å². The van der Waals surface area contributed by atoms with Crippen molar-refractivity contribution in [3.63, 3.8) is 0 Å². The SMILES string of the molecule is CCN(C(=O)c1cc(N)ccc1F)C(C)CN(C)C. The first-order valence-electron chi connectivity index (χ1n) is 6.37. The molecule has 0 aliphatic rings. The number of likely N-dealkylation sites (N-methyl/N-ethyl adjacent to an activating group) is 2. The van der Waals surface area contributed by atoms with Crippen LogP contribution in [0.3, 0.4) is 0 Å². The van der Waals surface area contributed by atoms with Crippen molar-refractivity contribution in [3.8, 4) is 0 Å². The average molecular weight is 267 g/mol. The Bertz CT molecular complexity index is 448. The summed E-state index contributed by atoms with van der Waals surface area (Å²) in [6, 6.07) is 4.08. The number of nitrogens with two attached hydrogens (primary N) is 1. The molecule has 19 heavy (non-hydrogen) atoms. The molecule has 1 rings (SSSR count). The first-order valence-corrected chi connectivity index (χ1v) is 6.37. The average Bonchev–Trinajstić information content (AvgIpc) is 2.32. The summed E-state index contributed by atoms with van der Waals surface area (Å²) in [5, 5.41) is 0. The van der Waals surface area contributed by atoms with Crippen molar-refractivity contribution in [1.82, 2.24) is 9.80 Å². The topological polar surface area (TPSA) is 49.6 Å². The van der Waals surface area contributed by atoms with Crippen molar-refractivity contribution in [1.29, 1.82) is 0 Å². The largest absolute Gasteiger partial charge is 0.399 e. The third kappa shape index (κ3) is 3.92. The van der Waals surface area contributed by atoms with Crippen LogP contribution in [0.2, 0.25) is 0 Å². The second-order valence-corrected chi connectivity index (χ2v) is 4.94. The van der Waals surface area contributed by atoms with Crippen LogP contribution < -0.4 is 5.73 Å². The van der Waals surface area contributed by atoms with Gasteiger partial charge in [0.1, 0.15) is 5.82 Å². The number of amides is 1. The zero-order chi connectivity index (χ0) is 14.6. The fourth-order valence-corrected chi connectivity index (χ4v) is 2.14. The highest BCUT2D eigenvalue weighted by molar-refractivity contribution is 5.95. The Balaban J connectivity index is 2.98. The molecule has 1 atom stereocenters. The van der Waals surface area contributed by atoms with Crippen LogP contribution in [0.15, 0.2) is 18.2 Å². The van der Waals surface area contributed by atoms with Crippen LogP contribution in [0.5, 0.6) is 0 Å². The summed E-state index contributed by atoms with van der Waals surface area (Å²) in [6.07, 6.45) is 0. The molecule has 0 bridgehead atoms. The Morgan fingerprint density at radius 1 is 1.42 bits per heavy atom. The monoisotopic (exact) mass is 267 g/mol. The lowest BCUT2D eigenvalue weighted by Crippen LogP contribution is -2.44. The maximum Gasteiger partial charge on any atom is 0.257 e. The van der Waals surface area contributed by atoms with Gasteiger partial charge in [0, 0.05) is 24.8 Å². The number of benzene rings is 1. The number of hydrogen-bond acceptors (Lipinski definition) is 3. The highest BCUT2D eigenvalue weighted by Gasteiger charge is 2.23. The van der Waals surface area contributed by atoms with Gasteiger partial charge in [-0.2, -0.15) is 0 Å². The van der Waals surface area contributed by atoms with E-state index in [9.17, 15) is 9.18 Å². The van der Waals surface area contributed by atoms with Crippen molar-refractivity contribution < 1.29 is 9.18 Å². The lowest BCUT2D eigenvalue weighted by atomic mass is 10.1. The van der Waals surface area contributed by atoms with E-state index in [1.54, 1.807) is 4.90 Å². The third-order valence-electron chi connectivity index (χ3n) is 2.98. The van der Waals surface area contributed by atoms with Crippen LogP contribution in [0.4, 0.5) is 10.1 Å². The maximum absolute atomic E-state index is 13.7. The standard InChI is InChI=1S/C14H22FN3O/c1-5-18(10(2)9-17(3)4)14(19)12-8-11(16)6-7-13(12)15/h6-8,10H,5,9,16H2,1-4H3. The summed E-state index contributed by atoms with van der Waals surface area (Å²) in [4.78, 5) is 16.0. The Morgan fingerprint density at radius 2 is 2.05 bits per heavy atom. The molecule has 0 aromatic heterocycles. The van der Waals surface area contributed by atoms with Gasteiger partial charge in [0.2, 0.25) is 0 Å². The molecule has 1 aromatic rings. The minimum absolute atomic E-state index is 0.00771. The fraction of sp³-hybridized carbons (Fsp3) is 0.500. The predicted octanol–water partition coefficient (Wildman–Crippen LogP) is 1.82. The minimum Gasteiger partial charge on any atom is -0.399 e. The highest BCUT2D eigenvalue weighted by atomic mass is 19.1. The van der Waals surface area contributed by atoms with E-state index in [1.165, 1.54) is 18.2 Å². The number of rotatable bonds is 5. The molecule has 0 heterocycles. The summed E-state index contributed by atoms with van der Waals surface area (Å²) in [5.74, 6) is -0.851. The van der Waals surface area contributed by atoms with Gasteiger partial charge in [-0.1, -0.05) is 0 Å². The van der Waals surface area contributed by atoms with E-state index in [2.05, 4.69) is 0 Å². The predicted molar refractivity (Wildman–Crippen MR) is 75.5 cm³/mol. The van der Waals surface area contributed by atoms with Gasteiger partial charge in [-0.3, -0.25) is 4.79 Å². The molecule has 0 saturated carbocycles. The van der Waals surface area contributed by atoms with Gasteiger partial charge in [-0.05, 0) is 46.1 Å². The van der Waals surface area contributed by atoms with E-state index in [1.807, 2.05) is 32.8 Å². The number of anilines is 1. The minimum atomic E-state index is -0.533. The summed E-state index contributed by atoms with van der Waals surface area (Å²) >= 11 is 0. The molecule has 0 aliphatic carbocycles. The molecule has 1 amide bonds. The number of nitrogens with zero attached hydrogens (tertiary/aromatic N) is 2. The van der Waals surface area contributed by atoms with Crippen LogP contribution >= 0.6 is 0 Å². The summed E-state index contributed by atoms with van der Waals surface area (Å²) in [6.45, 7) is 5.09. The summed E-state index contributed by atoms with van der Waals surface area (Å²) < 4.78 is 13.7. The maximum atomic E-state index is 13.7. The van der Waals surface area contributed by atoms with Crippen LogP contribution in [0.25, 0.3) is 0 Å². The molecule has 106 valence electrons. The molecule has 0 saturated heterocycles. The van der Waals surface area contributed by atoms with Gasteiger partial charge < -0.3 is 15.5 Å². The van der Waals surface area contributed by atoms with E-state index >= 15 is 0 Å². The third-order valence-corrected chi connectivity index (χ3v) is 2.98. The van der Waals surface area contributed by atoms with Crippen LogP contribution in [-0.4, -0.2) is 48.9 Å². The normalized spacial score (nSPS) is 12.5. The zero-order valence-corrected chi connectivity index (χ0v) is 12.0. The van der Waals surface area contributed by atoms with Crippen molar-refractivity contribution in [2.24, 2.45) is 0 Å². The molecular weight excluding hydrogens is 245 g/mol. The number of hydrogen-bond donors (Lipinski definition) is 1. The fourth-order valence-electron chi connectivity index (χ4n) is 2.14. The first kappa shape index (κ1) is 15.4. The number of carbonyl (C=O) groups excluding carboxylic acids is 1. The van der Waals surface area contributed by atoms with Gasteiger partial charge in [-0.25, -0.2) is 4.39 Å². The van der Waals surface area contributed by atoms with E-state index in [4.69, 9.17) is 5.73 Å². The van der Waals surface area contributed by atoms with Crippen molar-refractivity contribution in [2.75, 3.05) is 32.9 Å². The molecule has 0 fully saturated rings. The van der Waals surface area contributed by atoms with Gasteiger partial charge >= 0.3 is 0 Å². The molecule has 4 nitrogen and oxygen atoms in total. The lowest BCUT2D eigenvalue weighted by Gasteiger charge is -2.30. The molecule has 2 N–H and O–H groups in total. The van der Waals surface area contributed by atoms with Crippen molar-refractivity contribution in [3.05, 3.63) is 29.6 Å². The van der Waals surface area contributed by atoms with Gasteiger partial charge in [0.25, 0.3) is 5.91 Å². The van der Waals surface area contributed by atoms with E-state index < -0.39 is 5.82 Å². The summed E-state index contributed by atoms with van der Waals surface area (Å²) in [5.41, 5.74) is 6.04. The van der Waals surface area contributed by atoms with Gasteiger partial charge in [0.05, 0.1) is 5.56 Å². The number of carbonyl (C=O) groups is 1. The Hall–Kier alpha value is -1.62. The van der Waals surface area contributed by atoms with Crippen LogP contribution in [-0.2, 0) is 0 Å². The van der Waals surface area contributed by atoms with Crippen LogP contribution in [0, 0.1) is 5.82 Å². The Kier molecular flexibility index (Phi) is 5.30.